The van der Waals surface area contributed by atoms with Crippen LogP contribution in [0, 0.1) is 56.4 Å². The van der Waals surface area contributed by atoms with Crippen LogP contribution in [0.2, 0.25) is 0 Å². The van der Waals surface area contributed by atoms with Crippen LogP contribution in [-0.2, 0) is 36.2 Å². The molecular formula is C62H64O2SiZr-4. The summed E-state index contributed by atoms with van der Waals surface area (Å²) in [6.45, 7) is 19.2. The van der Waals surface area contributed by atoms with E-state index in [2.05, 4.69) is 166 Å². The minimum absolute atomic E-state index is 0. The topological polar surface area (TPSA) is 40.5 Å². The van der Waals surface area contributed by atoms with Crippen LogP contribution < -0.4 is 0 Å². The Kier molecular flexibility index (Phi) is 19.7. The third-order valence-corrected chi connectivity index (χ3v) is 11.9. The molecule has 0 bridgehead atoms. The van der Waals surface area contributed by atoms with Crippen molar-refractivity contribution in [2.75, 3.05) is 0 Å². The Bertz CT molecular complexity index is 2900. The number of benzene rings is 8. The second-order valence-electron chi connectivity index (χ2n) is 16.6. The van der Waals surface area contributed by atoms with Crippen LogP contribution in [0.5, 0.6) is 11.5 Å². The standard InChI is InChI=1S/2C21H17.2C9H12O.2CH3.Si.Zr/c2*1-2-15-13-17-9-6-12-20(21(17)14-15)19-11-5-8-16-7-3-4-10-18(16)19;2*1-6-4-7(2)9(10)8(3)5-6;;;;/h2*3-14H,2H2,1H3;2*4-5,10H,1-3H3;2*1H3;;/q2*-1;;;2*-1;;. The fourth-order valence-electron chi connectivity index (χ4n) is 8.74. The Hall–Kier alpha value is -5.80. The van der Waals surface area contributed by atoms with Crippen LogP contribution in [0.25, 0.3) is 65.3 Å². The number of fused-ring (bicyclic) bond motifs is 4. The monoisotopic (exact) mass is 958 g/mol. The van der Waals surface area contributed by atoms with Gasteiger partial charge in [0.2, 0.25) is 0 Å². The molecule has 2 nitrogen and oxygen atoms in total. The molecule has 10 aromatic rings. The van der Waals surface area contributed by atoms with Crippen LogP contribution in [0.15, 0.2) is 170 Å². The molecule has 2 radical (unpaired) electrons. The maximum atomic E-state index is 9.33. The molecule has 0 fully saturated rings. The Morgan fingerprint density at radius 2 is 0.682 bits per heavy atom. The first kappa shape index (κ1) is 52.8. The third-order valence-electron chi connectivity index (χ3n) is 11.9. The van der Waals surface area contributed by atoms with Crippen molar-refractivity contribution in [1.82, 2.24) is 0 Å². The van der Waals surface area contributed by atoms with Gasteiger partial charge >= 0.3 is 30.2 Å². The van der Waals surface area contributed by atoms with Gasteiger partial charge in [0.05, 0.1) is 0 Å². The van der Waals surface area contributed by atoms with E-state index in [1.807, 2.05) is 65.8 Å². The number of aryl methyl sites for hydroxylation is 8. The maximum absolute atomic E-state index is 9.33. The van der Waals surface area contributed by atoms with Crippen molar-refractivity contribution in [2.45, 2.75) is 68.2 Å². The quantitative estimate of drug-likeness (QED) is 0.136. The molecule has 0 atom stereocenters. The number of phenolic OH excluding ortho intramolecular Hbond substituents is 2. The van der Waals surface area contributed by atoms with Crippen molar-refractivity contribution in [1.29, 1.82) is 0 Å². The van der Waals surface area contributed by atoms with Gasteiger partial charge in [0.1, 0.15) is 11.5 Å². The van der Waals surface area contributed by atoms with E-state index < -0.39 is 0 Å². The van der Waals surface area contributed by atoms with E-state index in [9.17, 15) is 10.2 Å². The van der Waals surface area contributed by atoms with Gasteiger partial charge in [-0.2, -0.15) is 12.1 Å². The van der Waals surface area contributed by atoms with Crippen molar-refractivity contribution >= 4 is 50.0 Å². The van der Waals surface area contributed by atoms with Crippen LogP contribution in [0.1, 0.15) is 58.4 Å². The van der Waals surface area contributed by atoms with E-state index in [1.165, 1.54) is 111 Å². The Morgan fingerprint density at radius 3 is 1.02 bits per heavy atom. The van der Waals surface area contributed by atoms with Gasteiger partial charge in [-0.25, -0.2) is 0 Å². The summed E-state index contributed by atoms with van der Waals surface area (Å²) in [7, 11) is 0. The van der Waals surface area contributed by atoms with Crippen LogP contribution in [0.4, 0.5) is 0 Å². The minimum atomic E-state index is 0. The molecule has 4 heteroatoms. The molecule has 0 amide bonds. The van der Waals surface area contributed by atoms with Gasteiger partial charge in [0, 0.05) is 0 Å². The summed E-state index contributed by atoms with van der Waals surface area (Å²) in [5, 5.41) is 29.3. The molecule has 0 aliphatic heterocycles. The predicted molar refractivity (Wildman–Crippen MR) is 287 cm³/mol. The molecule has 0 spiro atoms. The molecule has 2 N–H and O–H groups in total. The molecule has 0 saturated carbocycles. The molecule has 10 rings (SSSR count). The van der Waals surface area contributed by atoms with Gasteiger partial charge in [0.25, 0.3) is 0 Å². The van der Waals surface area contributed by atoms with Gasteiger partial charge < -0.3 is 25.1 Å². The van der Waals surface area contributed by atoms with E-state index in [0.29, 0.717) is 11.5 Å². The molecule has 0 unspecified atom stereocenters. The summed E-state index contributed by atoms with van der Waals surface area (Å²) in [6.07, 6.45) is 2.17. The SMILES string of the molecule is CCc1cc2c(-c3cccc4ccccc34)cccc2[cH-]1.CCc1cc2c(-c3cccc4ccccc34)cccc2[cH-]1.Cc1cc(C)c(O)c(C)c1.Cc1cc(C)c(O)c(C)c1.[CH3-].[CH3-].[Si]=[Zr]. The fourth-order valence-corrected chi connectivity index (χ4v) is 8.74. The Labute approximate surface area is 411 Å². The molecular weight excluding hydrogens is 896 g/mol. The summed E-state index contributed by atoms with van der Waals surface area (Å²) < 4.78 is 0. The summed E-state index contributed by atoms with van der Waals surface area (Å²) in [5.74, 6) is 0.844. The van der Waals surface area contributed by atoms with Crippen molar-refractivity contribution in [3.05, 3.63) is 229 Å². The zero-order valence-corrected chi connectivity index (χ0v) is 43.9. The molecule has 66 heavy (non-hydrogen) atoms. The summed E-state index contributed by atoms with van der Waals surface area (Å²) >= 11 is 1.36. The molecule has 0 aliphatic rings. The van der Waals surface area contributed by atoms with Gasteiger partial charge in [-0.1, -0.05) is 157 Å². The van der Waals surface area contributed by atoms with Crippen molar-refractivity contribution in [3.63, 3.8) is 0 Å². The average Bonchev–Trinajstić information content (AvgIpc) is 3.96. The number of aromatic hydroxyl groups is 2. The third kappa shape index (κ3) is 12.3. The first-order chi connectivity index (χ1) is 30.9. The van der Waals surface area contributed by atoms with Crippen LogP contribution >= 0.6 is 0 Å². The predicted octanol–water partition coefficient (Wildman–Crippen LogP) is 17.0. The summed E-state index contributed by atoms with van der Waals surface area (Å²) in [4.78, 5) is 0. The summed E-state index contributed by atoms with van der Waals surface area (Å²) in [5.41, 5.74) is 14.4. The average molecular weight is 961 g/mol. The van der Waals surface area contributed by atoms with E-state index >= 15 is 0 Å². The van der Waals surface area contributed by atoms with Crippen molar-refractivity contribution < 1.29 is 33.5 Å². The number of rotatable bonds is 4. The van der Waals surface area contributed by atoms with Crippen molar-refractivity contribution in [2.24, 2.45) is 0 Å². The number of hydrogen-bond acceptors (Lipinski definition) is 2. The second kappa shape index (κ2) is 24.6. The fraction of sp³-hybridized carbons (Fsp3) is 0.161. The van der Waals surface area contributed by atoms with Gasteiger partial charge in [-0.15, -0.1) is 69.1 Å². The molecule has 0 aromatic heterocycles. The first-order valence-corrected chi connectivity index (χ1v) is 26.3. The Morgan fingerprint density at radius 1 is 0.394 bits per heavy atom. The van der Waals surface area contributed by atoms with E-state index in [4.69, 9.17) is 0 Å². The van der Waals surface area contributed by atoms with E-state index in [-0.39, 0.29) is 14.9 Å². The van der Waals surface area contributed by atoms with Crippen LogP contribution in [0.3, 0.4) is 0 Å². The van der Waals surface area contributed by atoms with E-state index in [1.54, 1.807) is 0 Å². The molecule has 336 valence electrons. The first-order valence-electron chi connectivity index (χ1n) is 22.1. The molecule has 10 aromatic carbocycles. The zero-order valence-electron chi connectivity index (χ0n) is 40.5. The summed E-state index contributed by atoms with van der Waals surface area (Å²) in [6, 6.07) is 60.8. The van der Waals surface area contributed by atoms with Gasteiger partial charge in [0.15, 0.2) is 0 Å². The molecule has 0 aliphatic carbocycles. The molecule has 0 heterocycles. The zero-order chi connectivity index (χ0) is 45.9. The van der Waals surface area contributed by atoms with Gasteiger partial charge in [-0.05, 0) is 109 Å². The Balaban J connectivity index is 0.000000199. The van der Waals surface area contributed by atoms with Crippen LogP contribution in [-0.4, -0.2) is 17.1 Å². The number of phenols is 2. The van der Waals surface area contributed by atoms with Gasteiger partial charge in [-0.3, -0.25) is 0 Å². The molecule has 0 saturated heterocycles. The van der Waals surface area contributed by atoms with E-state index in [0.717, 1.165) is 35.1 Å². The van der Waals surface area contributed by atoms with Crippen molar-refractivity contribution in [3.8, 4) is 33.8 Å². The normalized spacial score (nSPS) is 10.2. The number of hydrogen-bond donors (Lipinski definition) is 2. The second-order valence-corrected chi connectivity index (χ2v) is 16.6.